The fourth-order valence-corrected chi connectivity index (χ4v) is 3.44. The van der Waals surface area contributed by atoms with Crippen LogP contribution in [-0.2, 0) is 0 Å². The van der Waals surface area contributed by atoms with Crippen LogP contribution in [0, 0.1) is 0 Å². The largest absolute Gasteiger partial charge is 0.307 e. The van der Waals surface area contributed by atoms with Crippen molar-refractivity contribution in [2.75, 3.05) is 5.32 Å². The van der Waals surface area contributed by atoms with Gasteiger partial charge < -0.3 is 5.32 Å². The van der Waals surface area contributed by atoms with Crippen LogP contribution in [0.4, 0.5) is 5.82 Å². The van der Waals surface area contributed by atoms with Gasteiger partial charge in [0.05, 0.1) is 27.7 Å². The van der Waals surface area contributed by atoms with Crippen LogP contribution >= 0.6 is 11.3 Å². The summed E-state index contributed by atoms with van der Waals surface area (Å²) >= 11 is 1.59. The number of hydrogen-bond acceptors (Lipinski definition) is 5. The predicted octanol–water partition coefficient (Wildman–Crippen LogP) is 4.39. The van der Waals surface area contributed by atoms with Crippen molar-refractivity contribution in [1.82, 2.24) is 19.7 Å². The maximum Gasteiger partial charge on any atom is 0.257 e. The topological polar surface area (TPSA) is 72.7 Å². The molecule has 0 aromatic carbocycles. The molecule has 6 nitrogen and oxygen atoms in total. The van der Waals surface area contributed by atoms with E-state index in [0.29, 0.717) is 17.0 Å². The van der Waals surface area contributed by atoms with Gasteiger partial charge in [-0.25, -0.2) is 14.6 Å². The van der Waals surface area contributed by atoms with Crippen molar-refractivity contribution >= 4 is 34.1 Å². The van der Waals surface area contributed by atoms with E-state index in [4.69, 9.17) is 4.98 Å². The van der Waals surface area contributed by atoms with Gasteiger partial charge in [-0.3, -0.25) is 4.79 Å². The van der Waals surface area contributed by atoms with Gasteiger partial charge in [-0.15, -0.1) is 11.3 Å². The van der Waals surface area contributed by atoms with Crippen molar-refractivity contribution in [3.05, 3.63) is 59.7 Å². The number of nitrogens with zero attached hydrogens (tertiary/aromatic N) is 4. The number of carbonyl (C=O) groups excluding carboxylic acids is 1. The molecule has 1 amide bonds. The molecular weight excluding hydrogens is 346 g/mol. The van der Waals surface area contributed by atoms with Crippen molar-refractivity contribution in [3.63, 3.8) is 0 Å². The lowest BCUT2D eigenvalue weighted by atomic mass is 10.1. The van der Waals surface area contributed by atoms with Gasteiger partial charge in [-0.1, -0.05) is 12.1 Å². The normalized spacial score (nSPS) is 11.2. The molecule has 4 aromatic rings. The highest BCUT2D eigenvalue weighted by atomic mass is 32.1. The number of fused-ring (bicyclic) bond motifs is 1. The highest BCUT2D eigenvalue weighted by molar-refractivity contribution is 7.13. The first kappa shape index (κ1) is 16.4. The first-order valence-corrected chi connectivity index (χ1v) is 9.16. The summed E-state index contributed by atoms with van der Waals surface area (Å²) in [5.74, 6) is 0.286. The van der Waals surface area contributed by atoms with E-state index in [1.807, 2.05) is 54.2 Å². The average molecular weight is 363 g/mol. The van der Waals surface area contributed by atoms with Crippen molar-refractivity contribution in [3.8, 4) is 10.6 Å². The lowest BCUT2D eigenvalue weighted by Gasteiger charge is -2.10. The first-order valence-electron chi connectivity index (χ1n) is 8.28. The van der Waals surface area contributed by atoms with E-state index in [1.54, 1.807) is 29.8 Å². The molecule has 130 valence electrons. The number of amides is 1. The third-order valence-electron chi connectivity index (χ3n) is 3.98. The third-order valence-corrected chi connectivity index (χ3v) is 4.87. The fraction of sp³-hybridized carbons (Fsp3) is 0.158. The second-order valence-corrected chi connectivity index (χ2v) is 7.07. The van der Waals surface area contributed by atoms with Crippen molar-refractivity contribution in [2.24, 2.45) is 0 Å². The van der Waals surface area contributed by atoms with E-state index in [2.05, 4.69) is 15.4 Å². The molecule has 0 aliphatic rings. The number of nitrogens with one attached hydrogen (secondary N) is 1. The third kappa shape index (κ3) is 2.97. The smallest absolute Gasteiger partial charge is 0.257 e. The van der Waals surface area contributed by atoms with Crippen LogP contribution < -0.4 is 5.32 Å². The summed E-state index contributed by atoms with van der Waals surface area (Å²) in [6.07, 6.45) is 3.35. The Morgan fingerprint density at radius 1 is 1.23 bits per heavy atom. The van der Waals surface area contributed by atoms with Gasteiger partial charge in [-0.05, 0) is 43.5 Å². The average Bonchev–Trinajstić information content (AvgIpc) is 3.31. The molecule has 0 saturated carbocycles. The minimum Gasteiger partial charge on any atom is -0.307 e. The second kappa shape index (κ2) is 6.68. The molecule has 0 bridgehead atoms. The molecule has 0 aliphatic heterocycles. The molecule has 4 heterocycles. The van der Waals surface area contributed by atoms with Crippen LogP contribution in [0.3, 0.4) is 0 Å². The quantitative estimate of drug-likeness (QED) is 0.584. The molecule has 1 N–H and O–H groups in total. The molecule has 0 aliphatic carbocycles. The van der Waals surface area contributed by atoms with E-state index >= 15 is 0 Å². The highest BCUT2D eigenvalue weighted by Crippen LogP contribution is 2.29. The Balaban J connectivity index is 1.85. The van der Waals surface area contributed by atoms with Gasteiger partial charge >= 0.3 is 0 Å². The summed E-state index contributed by atoms with van der Waals surface area (Å²) < 4.78 is 1.84. The van der Waals surface area contributed by atoms with Crippen LogP contribution in [0.1, 0.15) is 30.2 Å². The Labute approximate surface area is 154 Å². The first-order chi connectivity index (χ1) is 12.6. The molecule has 0 saturated heterocycles. The zero-order valence-electron chi connectivity index (χ0n) is 14.4. The maximum absolute atomic E-state index is 12.9. The molecule has 4 rings (SSSR count). The Bertz CT molecular complexity index is 1050. The van der Waals surface area contributed by atoms with Crippen molar-refractivity contribution in [2.45, 2.75) is 19.9 Å². The van der Waals surface area contributed by atoms with Gasteiger partial charge in [-0.2, -0.15) is 5.10 Å². The van der Waals surface area contributed by atoms with Crippen molar-refractivity contribution in [1.29, 1.82) is 0 Å². The molecule has 7 heteroatoms. The number of rotatable bonds is 4. The minimum atomic E-state index is -0.225. The Hall–Kier alpha value is -3.06. The van der Waals surface area contributed by atoms with Crippen LogP contribution in [0.15, 0.2) is 54.2 Å². The Kier molecular flexibility index (Phi) is 4.22. The van der Waals surface area contributed by atoms with Crippen LogP contribution in [-0.4, -0.2) is 25.7 Å². The number of thiophene rings is 1. The summed E-state index contributed by atoms with van der Waals surface area (Å²) in [4.78, 5) is 22.9. The molecular formula is C19H17N5OS. The minimum absolute atomic E-state index is 0.144. The predicted molar refractivity (Wildman–Crippen MR) is 103 cm³/mol. The molecule has 4 aromatic heterocycles. The summed E-state index contributed by atoms with van der Waals surface area (Å²) in [7, 11) is 0. The zero-order valence-corrected chi connectivity index (χ0v) is 15.2. The number of pyridine rings is 2. The van der Waals surface area contributed by atoms with Gasteiger partial charge in [0, 0.05) is 12.2 Å². The summed E-state index contributed by atoms with van der Waals surface area (Å²) in [6, 6.07) is 11.3. The molecule has 0 fully saturated rings. The van der Waals surface area contributed by atoms with E-state index in [-0.39, 0.29) is 11.9 Å². The van der Waals surface area contributed by atoms with Gasteiger partial charge in [0.1, 0.15) is 5.82 Å². The fourth-order valence-electron chi connectivity index (χ4n) is 2.75. The SMILES string of the molecule is CC(C)n1ncc2c(C(=O)Nc3ccccn3)cc(-c3cccs3)nc21. The number of hydrogen-bond donors (Lipinski definition) is 1. The molecule has 0 radical (unpaired) electrons. The summed E-state index contributed by atoms with van der Waals surface area (Å²) in [6.45, 7) is 4.08. The number of aromatic nitrogens is 4. The lowest BCUT2D eigenvalue weighted by Crippen LogP contribution is -2.14. The molecule has 0 unspecified atom stereocenters. The number of anilines is 1. The van der Waals surface area contributed by atoms with Gasteiger partial charge in [0.15, 0.2) is 5.65 Å². The van der Waals surface area contributed by atoms with E-state index in [9.17, 15) is 4.79 Å². The maximum atomic E-state index is 12.9. The Morgan fingerprint density at radius 3 is 2.81 bits per heavy atom. The Morgan fingerprint density at radius 2 is 2.12 bits per heavy atom. The van der Waals surface area contributed by atoms with Crippen LogP contribution in [0.2, 0.25) is 0 Å². The van der Waals surface area contributed by atoms with E-state index in [0.717, 1.165) is 16.0 Å². The monoisotopic (exact) mass is 363 g/mol. The standard InChI is InChI=1S/C19H17N5OS/c1-12(2)24-18-14(11-21-24)13(10-15(22-18)16-6-5-9-26-16)19(25)23-17-7-3-4-8-20-17/h3-12H,1-2H3,(H,20,23,25). The second-order valence-electron chi connectivity index (χ2n) is 6.12. The highest BCUT2D eigenvalue weighted by Gasteiger charge is 2.19. The van der Waals surface area contributed by atoms with E-state index < -0.39 is 0 Å². The summed E-state index contributed by atoms with van der Waals surface area (Å²) in [5, 5.41) is 10.0. The molecule has 0 spiro atoms. The van der Waals surface area contributed by atoms with Gasteiger partial charge in [0.25, 0.3) is 5.91 Å². The lowest BCUT2D eigenvalue weighted by molar-refractivity contribution is 0.102. The summed E-state index contributed by atoms with van der Waals surface area (Å²) in [5.41, 5.74) is 2.01. The van der Waals surface area contributed by atoms with Gasteiger partial charge in [0.2, 0.25) is 0 Å². The zero-order chi connectivity index (χ0) is 18.1. The molecule has 26 heavy (non-hydrogen) atoms. The van der Waals surface area contributed by atoms with Crippen LogP contribution in [0.5, 0.6) is 0 Å². The number of carbonyl (C=O) groups is 1. The molecule has 0 atom stereocenters. The van der Waals surface area contributed by atoms with Crippen LogP contribution in [0.25, 0.3) is 21.6 Å². The van der Waals surface area contributed by atoms with Crippen molar-refractivity contribution < 1.29 is 4.79 Å². The van der Waals surface area contributed by atoms with E-state index in [1.165, 1.54) is 0 Å².